The Labute approximate surface area is 120 Å². The van der Waals surface area contributed by atoms with Crippen LogP contribution in [0.3, 0.4) is 0 Å². The molecule has 1 fully saturated rings. The maximum atomic E-state index is 2.40. The highest BCUT2D eigenvalue weighted by molar-refractivity contribution is 7.99. The van der Waals surface area contributed by atoms with E-state index in [0.29, 0.717) is 0 Å². The van der Waals surface area contributed by atoms with E-state index >= 15 is 0 Å². The average molecular weight is 349 g/mol. The number of halogens is 1. The van der Waals surface area contributed by atoms with Crippen molar-refractivity contribution in [2.45, 2.75) is 24.2 Å². The second-order valence-electron chi connectivity index (χ2n) is 4.71. The van der Waals surface area contributed by atoms with E-state index < -0.39 is 0 Å². The fourth-order valence-corrected chi connectivity index (χ4v) is 3.22. The summed E-state index contributed by atoms with van der Waals surface area (Å²) in [5, 5.41) is 0. The van der Waals surface area contributed by atoms with Crippen molar-refractivity contribution >= 4 is 11.8 Å². The van der Waals surface area contributed by atoms with Crippen molar-refractivity contribution in [2.75, 3.05) is 26.0 Å². The molecular weight excluding hydrogens is 329 g/mol. The minimum atomic E-state index is 0. The number of nitrogens with zero attached hydrogens (tertiary/aromatic N) is 1. The molecule has 0 radical (unpaired) electrons. The molecule has 2 rings (SSSR count). The van der Waals surface area contributed by atoms with Gasteiger partial charge in [0.1, 0.15) is 5.88 Å². The van der Waals surface area contributed by atoms with E-state index in [9.17, 15) is 0 Å². The second kappa shape index (κ2) is 6.87. The largest absolute Gasteiger partial charge is 1.00 e. The molecule has 1 aliphatic heterocycles. The number of hydrogen-bond donors (Lipinski definition) is 0. The van der Waals surface area contributed by atoms with Gasteiger partial charge in [0.2, 0.25) is 0 Å². The second-order valence-corrected chi connectivity index (χ2v) is 5.73. The Morgan fingerprint density at radius 2 is 1.69 bits per heavy atom. The molecule has 1 heterocycles. The van der Waals surface area contributed by atoms with E-state index in [1.54, 1.807) is 0 Å². The van der Waals surface area contributed by atoms with Crippen LogP contribution in [0.5, 0.6) is 0 Å². The van der Waals surface area contributed by atoms with Crippen LogP contribution in [-0.2, 0) is 0 Å². The first-order valence-corrected chi connectivity index (χ1v) is 6.78. The van der Waals surface area contributed by atoms with Crippen molar-refractivity contribution in [3.63, 3.8) is 0 Å². The van der Waals surface area contributed by atoms with Crippen LogP contribution >= 0.6 is 11.8 Å². The van der Waals surface area contributed by atoms with Crippen molar-refractivity contribution in [1.29, 1.82) is 0 Å². The molecule has 1 nitrogen and oxygen atoms in total. The summed E-state index contributed by atoms with van der Waals surface area (Å²) in [6.45, 7) is 2.72. The molecule has 1 aromatic carbocycles. The Balaban J connectivity index is 0.00000128. The van der Waals surface area contributed by atoms with Crippen LogP contribution < -0.4 is 24.0 Å². The van der Waals surface area contributed by atoms with E-state index in [-0.39, 0.29) is 24.0 Å². The zero-order valence-electron chi connectivity index (χ0n) is 9.86. The molecule has 3 heteroatoms. The minimum Gasteiger partial charge on any atom is -1.00 e. The fraction of sp³-hybridized carbons (Fsp3) is 0.538. The first-order valence-electron chi connectivity index (χ1n) is 5.80. The molecule has 0 bridgehead atoms. The lowest BCUT2D eigenvalue weighted by Gasteiger charge is -2.37. The number of quaternary nitrogens is 1. The van der Waals surface area contributed by atoms with E-state index in [0.717, 1.165) is 0 Å². The summed E-state index contributed by atoms with van der Waals surface area (Å²) in [6, 6.07) is 10.7. The highest BCUT2D eigenvalue weighted by Crippen LogP contribution is 2.24. The lowest BCUT2D eigenvalue weighted by atomic mass is 10.1. The molecule has 1 saturated heterocycles. The lowest BCUT2D eigenvalue weighted by molar-refractivity contribution is -0.901. The molecule has 1 aromatic rings. The van der Waals surface area contributed by atoms with Gasteiger partial charge in [0.25, 0.3) is 0 Å². The summed E-state index contributed by atoms with van der Waals surface area (Å²) in [6.07, 6.45) is 4.25. The third kappa shape index (κ3) is 4.26. The molecule has 90 valence electrons. The van der Waals surface area contributed by atoms with Crippen molar-refractivity contribution in [2.24, 2.45) is 0 Å². The Kier molecular flexibility index (Phi) is 6.15. The number of piperidine rings is 1. The molecule has 0 spiro atoms. The topological polar surface area (TPSA) is 0 Å². The molecule has 0 unspecified atom stereocenters. The van der Waals surface area contributed by atoms with Gasteiger partial charge < -0.3 is 28.5 Å². The van der Waals surface area contributed by atoms with Crippen molar-refractivity contribution in [3.05, 3.63) is 30.3 Å². The number of likely N-dealkylation sites (tertiary alicyclic amines) is 1. The number of hydrogen-bond acceptors (Lipinski definition) is 1. The van der Waals surface area contributed by atoms with Gasteiger partial charge in [-0.2, -0.15) is 0 Å². The molecule has 0 atom stereocenters. The first kappa shape index (κ1) is 14.3. The van der Waals surface area contributed by atoms with E-state index in [1.807, 2.05) is 11.8 Å². The number of rotatable bonds is 3. The van der Waals surface area contributed by atoms with Gasteiger partial charge in [-0.15, -0.1) is 0 Å². The smallest absolute Gasteiger partial charge is 0.130 e. The molecule has 0 aromatic heterocycles. The minimum absolute atomic E-state index is 0. The number of benzene rings is 1. The monoisotopic (exact) mass is 349 g/mol. The summed E-state index contributed by atoms with van der Waals surface area (Å²) in [5.74, 6) is 1.23. The van der Waals surface area contributed by atoms with Crippen molar-refractivity contribution in [3.8, 4) is 0 Å². The van der Waals surface area contributed by atoms with Gasteiger partial charge in [-0.05, 0) is 31.4 Å². The molecule has 1 aliphatic rings. The predicted octanol–water partition coefficient (Wildman–Crippen LogP) is 0.371. The van der Waals surface area contributed by atoms with Crippen LogP contribution in [0.25, 0.3) is 0 Å². The Hall–Kier alpha value is 0.260. The van der Waals surface area contributed by atoms with E-state index in [1.165, 1.54) is 47.6 Å². The molecule has 0 amide bonds. The van der Waals surface area contributed by atoms with E-state index in [2.05, 4.69) is 37.4 Å². The van der Waals surface area contributed by atoms with Gasteiger partial charge in [0, 0.05) is 4.90 Å². The Bertz CT molecular complexity index is 296. The maximum Gasteiger partial charge on any atom is 0.130 e. The van der Waals surface area contributed by atoms with Gasteiger partial charge in [-0.25, -0.2) is 0 Å². The SMILES string of the molecule is C[N+]1(CSc2ccccc2)CCCCC1.[I-]. The summed E-state index contributed by atoms with van der Waals surface area (Å²) in [4.78, 5) is 1.41. The normalized spacial score (nSPS) is 18.8. The van der Waals surface area contributed by atoms with Crippen LogP contribution in [-0.4, -0.2) is 30.5 Å². The molecule has 0 aliphatic carbocycles. The standard InChI is InChI=1S/C13H20NS.HI/c1-14(10-6-3-7-11-14)12-15-13-8-4-2-5-9-13;/h2,4-5,8-9H,3,6-7,10-12H2,1H3;1H/q+1;/p-1. The highest BCUT2D eigenvalue weighted by Gasteiger charge is 2.24. The quantitative estimate of drug-likeness (QED) is 0.432. The van der Waals surface area contributed by atoms with Crippen molar-refractivity contribution < 1.29 is 28.5 Å². The van der Waals surface area contributed by atoms with Gasteiger partial charge in [-0.1, -0.05) is 30.0 Å². The number of thioether (sulfide) groups is 1. The fourth-order valence-electron chi connectivity index (χ4n) is 2.15. The summed E-state index contributed by atoms with van der Waals surface area (Å²) in [7, 11) is 2.40. The lowest BCUT2D eigenvalue weighted by Crippen LogP contribution is -3.00. The third-order valence-electron chi connectivity index (χ3n) is 3.18. The van der Waals surface area contributed by atoms with Gasteiger partial charge in [-0.3, -0.25) is 0 Å². The molecule has 0 saturated carbocycles. The average Bonchev–Trinajstić information content (AvgIpc) is 2.29. The van der Waals surface area contributed by atoms with Crippen LogP contribution in [0.4, 0.5) is 0 Å². The predicted molar refractivity (Wildman–Crippen MR) is 66.9 cm³/mol. The highest BCUT2D eigenvalue weighted by atomic mass is 127. The third-order valence-corrected chi connectivity index (χ3v) is 4.54. The Morgan fingerprint density at radius 1 is 1.06 bits per heavy atom. The van der Waals surface area contributed by atoms with Crippen LogP contribution in [0.2, 0.25) is 0 Å². The molecule has 16 heavy (non-hydrogen) atoms. The van der Waals surface area contributed by atoms with Gasteiger partial charge in [0.05, 0.1) is 20.1 Å². The Morgan fingerprint density at radius 3 is 2.31 bits per heavy atom. The zero-order valence-corrected chi connectivity index (χ0v) is 12.8. The van der Waals surface area contributed by atoms with Gasteiger partial charge in [0.15, 0.2) is 0 Å². The first-order chi connectivity index (χ1) is 7.29. The summed E-state index contributed by atoms with van der Waals surface area (Å²) < 4.78 is 1.25. The van der Waals surface area contributed by atoms with Crippen LogP contribution in [0, 0.1) is 0 Å². The summed E-state index contributed by atoms with van der Waals surface area (Å²) >= 11 is 2.00. The zero-order chi connectivity index (χ0) is 10.6. The van der Waals surface area contributed by atoms with Crippen LogP contribution in [0.15, 0.2) is 35.2 Å². The molecular formula is C13H20INS. The van der Waals surface area contributed by atoms with Gasteiger partial charge >= 0.3 is 0 Å². The summed E-state index contributed by atoms with van der Waals surface area (Å²) in [5.41, 5.74) is 0. The van der Waals surface area contributed by atoms with E-state index in [4.69, 9.17) is 0 Å². The van der Waals surface area contributed by atoms with Crippen molar-refractivity contribution in [1.82, 2.24) is 0 Å². The maximum absolute atomic E-state index is 2.40. The van der Waals surface area contributed by atoms with Crippen LogP contribution in [0.1, 0.15) is 19.3 Å². The molecule has 0 N–H and O–H groups in total.